The molecule has 1 rings (SSSR count). The summed E-state index contributed by atoms with van der Waals surface area (Å²) in [6.45, 7) is 1.72. The van der Waals surface area contributed by atoms with Crippen LogP contribution in [-0.4, -0.2) is 39.0 Å². The number of carbonyl (C=O) groups excluding carboxylic acids is 1. The first kappa shape index (κ1) is 13.4. The minimum Gasteiger partial charge on any atom is -0.469 e. The van der Waals surface area contributed by atoms with E-state index >= 15 is 0 Å². The summed E-state index contributed by atoms with van der Waals surface area (Å²) < 4.78 is 28.3. The van der Waals surface area contributed by atoms with E-state index in [9.17, 15) is 13.2 Å². The number of rotatable bonds is 6. The number of carbonyl (C=O) groups is 1. The Morgan fingerprint density at radius 3 is 2.44 bits per heavy atom. The summed E-state index contributed by atoms with van der Waals surface area (Å²) in [6.07, 6.45) is 1.75. The molecule has 0 aliphatic heterocycles. The van der Waals surface area contributed by atoms with Gasteiger partial charge in [0.05, 0.1) is 24.5 Å². The molecule has 0 saturated heterocycles. The minimum absolute atomic E-state index is 0.0491. The van der Waals surface area contributed by atoms with E-state index < -0.39 is 15.1 Å². The first-order chi connectivity index (χ1) is 7.35. The van der Waals surface area contributed by atoms with Crippen molar-refractivity contribution >= 4 is 15.8 Å². The maximum atomic E-state index is 11.9. The van der Waals surface area contributed by atoms with Crippen LogP contribution in [0.2, 0.25) is 0 Å². The number of sulfone groups is 1. The van der Waals surface area contributed by atoms with Crippen molar-refractivity contribution in [2.45, 2.75) is 31.4 Å². The van der Waals surface area contributed by atoms with Crippen LogP contribution < -0.4 is 5.73 Å². The van der Waals surface area contributed by atoms with Gasteiger partial charge in [-0.3, -0.25) is 4.79 Å². The molecule has 16 heavy (non-hydrogen) atoms. The molecule has 94 valence electrons. The number of nitrogens with two attached hydrogens (primary N) is 1. The van der Waals surface area contributed by atoms with Crippen molar-refractivity contribution < 1.29 is 17.9 Å². The summed E-state index contributed by atoms with van der Waals surface area (Å²) in [5.41, 5.74) is 4.97. The van der Waals surface area contributed by atoms with Crippen molar-refractivity contribution in [3.8, 4) is 0 Å². The summed E-state index contributed by atoms with van der Waals surface area (Å²) in [5, 5.41) is -0.539. The topological polar surface area (TPSA) is 86.5 Å². The average molecular weight is 249 g/mol. The van der Waals surface area contributed by atoms with Gasteiger partial charge in [0.15, 0.2) is 9.84 Å². The second-order valence-corrected chi connectivity index (χ2v) is 7.03. The third-order valence-corrected chi connectivity index (χ3v) is 5.59. The number of hydrogen-bond donors (Lipinski definition) is 1. The Hall–Kier alpha value is -0.620. The van der Waals surface area contributed by atoms with Gasteiger partial charge in [0.1, 0.15) is 0 Å². The molecule has 1 aliphatic rings. The third kappa shape index (κ3) is 3.18. The Bertz CT molecular complexity index is 359. The largest absolute Gasteiger partial charge is 0.469 e. The second-order valence-electron chi connectivity index (χ2n) is 4.61. The highest BCUT2D eigenvalue weighted by Crippen LogP contribution is 2.50. The molecule has 1 saturated carbocycles. The van der Waals surface area contributed by atoms with Crippen molar-refractivity contribution in [3.05, 3.63) is 0 Å². The van der Waals surface area contributed by atoms with Crippen LogP contribution in [0.1, 0.15) is 26.2 Å². The number of hydrogen-bond acceptors (Lipinski definition) is 5. The summed E-state index contributed by atoms with van der Waals surface area (Å²) in [7, 11) is -1.88. The lowest BCUT2D eigenvalue weighted by molar-refractivity contribution is -0.141. The molecular formula is C10H19NO4S. The van der Waals surface area contributed by atoms with Crippen molar-refractivity contribution in [3.63, 3.8) is 0 Å². The predicted molar refractivity (Wildman–Crippen MR) is 60.6 cm³/mol. The molecule has 0 aromatic carbocycles. The van der Waals surface area contributed by atoms with E-state index in [1.807, 2.05) is 0 Å². The molecular weight excluding hydrogens is 230 g/mol. The summed E-state index contributed by atoms with van der Waals surface area (Å²) >= 11 is 0. The van der Waals surface area contributed by atoms with E-state index in [-0.39, 0.29) is 30.1 Å². The van der Waals surface area contributed by atoms with Gasteiger partial charge >= 0.3 is 5.97 Å². The molecule has 1 atom stereocenters. The van der Waals surface area contributed by atoms with Gasteiger partial charge in [-0.05, 0) is 25.2 Å². The highest BCUT2D eigenvalue weighted by atomic mass is 32.2. The number of ether oxygens (including phenoxy) is 1. The van der Waals surface area contributed by atoms with Crippen LogP contribution in [0, 0.1) is 5.41 Å². The van der Waals surface area contributed by atoms with E-state index in [2.05, 4.69) is 4.74 Å². The monoisotopic (exact) mass is 249 g/mol. The fraction of sp³-hybridized carbons (Fsp3) is 0.900. The maximum Gasteiger partial charge on any atom is 0.306 e. The first-order valence-electron chi connectivity index (χ1n) is 5.34. The minimum atomic E-state index is -3.19. The van der Waals surface area contributed by atoms with Gasteiger partial charge in [-0.15, -0.1) is 0 Å². The van der Waals surface area contributed by atoms with E-state index in [1.54, 1.807) is 6.92 Å². The molecule has 1 unspecified atom stereocenters. The van der Waals surface area contributed by atoms with E-state index in [1.165, 1.54) is 7.11 Å². The fourth-order valence-electron chi connectivity index (χ4n) is 1.64. The van der Waals surface area contributed by atoms with Gasteiger partial charge in [0.25, 0.3) is 0 Å². The molecule has 2 N–H and O–H groups in total. The Kier molecular flexibility index (Phi) is 3.96. The molecule has 0 radical (unpaired) electrons. The average Bonchev–Trinajstić information content (AvgIpc) is 2.95. The van der Waals surface area contributed by atoms with Crippen LogP contribution in [0.25, 0.3) is 0 Å². The quantitative estimate of drug-likeness (QED) is 0.674. The lowest BCUT2D eigenvalue weighted by Gasteiger charge is -2.17. The Balaban J connectivity index is 2.63. The standard InChI is InChI=1S/C10H19NO4S/c1-8(6-11)16(13,14)7-10(3-4-10)5-9(12)15-2/h8H,3-7,11H2,1-2H3. The zero-order chi connectivity index (χ0) is 12.4. The molecule has 6 heteroatoms. The summed E-state index contributed by atoms with van der Waals surface area (Å²) in [5.74, 6) is -0.291. The Morgan fingerprint density at radius 2 is 2.06 bits per heavy atom. The molecule has 1 aliphatic carbocycles. The van der Waals surface area contributed by atoms with Crippen LogP contribution in [0.3, 0.4) is 0 Å². The zero-order valence-corrected chi connectivity index (χ0v) is 10.5. The van der Waals surface area contributed by atoms with Crippen LogP contribution in [0.5, 0.6) is 0 Å². The molecule has 0 spiro atoms. The van der Waals surface area contributed by atoms with Crippen LogP contribution in [0.4, 0.5) is 0 Å². The zero-order valence-electron chi connectivity index (χ0n) is 9.73. The smallest absolute Gasteiger partial charge is 0.306 e. The van der Waals surface area contributed by atoms with E-state index in [4.69, 9.17) is 5.73 Å². The molecule has 0 aromatic rings. The van der Waals surface area contributed by atoms with Crippen molar-refractivity contribution in [1.29, 1.82) is 0 Å². The van der Waals surface area contributed by atoms with Crippen molar-refractivity contribution in [2.75, 3.05) is 19.4 Å². The maximum absolute atomic E-state index is 11.9. The second kappa shape index (κ2) is 4.71. The molecule has 0 amide bonds. The molecule has 0 bridgehead atoms. The van der Waals surface area contributed by atoms with Gasteiger partial charge in [-0.1, -0.05) is 0 Å². The number of methoxy groups -OCH3 is 1. The van der Waals surface area contributed by atoms with Gasteiger partial charge in [0, 0.05) is 6.54 Å². The predicted octanol–water partition coefficient (Wildman–Crippen LogP) is 0.0917. The third-order valence-electron chi connectivity index (χ3n) is 3.16. The molecule has 0 aromatic heterocycles. The highest BCUT2D eigenvalue weighted by molar-refractivity contribution is 7.92. The molecule has 5 nitrogen and oxygen atoms in total. The first-order valence-corrected chi connectivity index (χ1v) is 7.05. The summed E-state index contributed by atoms with van der Waals surface area (Å²) in [4.78, 5) is 11.2. The SMILES string of the molecule is COC(=O)CC1(CS(=O)(=O)C(C)CN)CC1. The molecule has 0 heterocycles. The van der Waals surface area contributed by atoms with Crippen LogP contribution in [-0.2, 0) is 19.4 Å². The van der Waals surface area contributed by atoms with Gasteiger partial charge in [-0.2, -0.15) is 0 Å². The lowest BCUT2D eigenvalue weighted by atomic mass is 10.1. The van der Waals surface area contributed by atoms with Gasteiger partial charge in [-0.25, -0.2) is 8.42 Å². The number of esters is 1. The van der Waals surface area contributed by atoms with Gasteiger partial charge < -0.3 is 10.5 Å². The van der Waals surface area contributed by atoms with E-state index in [0.29, 0.717) is 0 Å². The van der Waals surface area contributed by atoms with E-state index in [0.717, 1.165) is 12.8 Å². The highest BCUT2D eigenvalue weighted by Gasteiger charge is 2.48. The van der Waals surface area contributed by atoms with Crippen LogP contribution in [0.15, 0.2) is 0 Å². The lowest BCUT2D eigenvalue weighted by Crippen LogP contribution is -2.32. The molecule has 1 fully saturated rings. The van der Waals surface area contributed by atoms with Crippen molar-refractivity contribution in [2.24, 2.45) is 11.1 Å². The Morgan fingerprint density at radius 1 is 1.50 bits per heavy atom. The van der Waals surface area contributed by atoms with Crippen molar-refractivity contribution in [1.82, 2.24) is 0 Å². The van der Waals surface area contributed by atoms with Crippen LogP contribution >= 0.6 is 0 Å². The normalized spacial score (nSPS) is 20.2. The van der Waals surface area contributed by atoms with Gasteiger partial charge in [0.2, 0.25) is 0 Å². The summed E-state index contributed by atoms with van der Waals surface area (Å²) in [6, 6.07) is 0. The fourth-order valence-corrected chi connectivity index (χ4v) is 3.46. The Labute approximate surface area is 96.3 Å².